The third-order valence-corrected chi connectivity index (χ3v) is 3.03. The van der Waals surface area contributed by atoms with Gasteiger partial charge >= 0.3 is 6.18 Å². The second-order valence-corrected chi connectivity index (χ2v) is 4.45. The highest BCUT2D eigenvalue weighted by Crippen LogP contribution is 2.34. The summed E-state index contributed by atoms with van der Waals surface area (Å²) in [7, 11) is 0. The smallest absolute Gasteiger partial charge is 0.283 e. The summed E-state index contributed by atoms with van der Waals surface area (Å²) < 4.78 is 38.5. The van der Waals surface area contributed by atoms with Gasteiger partial charge in [0.15, 0.2) is 0 Å². The van der Waals surface area contributed by atoms with Gasteiger partial charge in [0.05, 0.1) is 18.2 Å². The molecule has 1 fully saturated rings. The first kappa shape index (κ1) is 12.9. The maximum Gasteiger partial charge on any atom is 0.416 e. The number of nitrogens with zero attached hydrogens (tertiary/aromatic N) is 2. The third-order valence-electron chi connectivity index (χ3n) is 3.03. The standard InChI is InChI=1S/C13H13F3N2/c14-13(15,16)12-4-2-1-3-10(12)9-18(8-7-17)11-5-6-11/h1-4,11H,5-6,8-9H2. The molecule has 0 radical (unpaired) electrons. The molecule has 0 aliphatic heterocycles. The third kappa shape index (κ3) is 3.02. The average molecular weight is 254 g/mol. The Balaban J connectivity index is 2.20. The maximum absolute atomic E-state index is 12.8. The zero-order valence-electron chi connectivity index (χ0n) is 9.74. The molecule has 0 unspecified atom stereocenters. The van der Waals surface area contributed by atoms with Crippen molar-refractivity contribution in [1.29, 1.82) is 5.26 Å². The quantitative estimate of drug-likeness (QED) is 0.771. The molecule has 0 spiro atoms. The lowest BCUT2D eigenvalue weighted by atomic mass is 10.1. The molecule has 0 saturated heterocycles. The van der Waals surface area contributed by atoms with Crippen molar-refractivity contribution in [3.05, 3.63) is 35.4 Å². The second kappa shape index (κ2) is 4.99. The van der Waals surface area contributed by atoms with E-state index in [1.807, 2.05) is 11.0 Å². The number of rotatable bonds is 4. The van der Waals surface area contributed by atoms with Crippen molar-refractivity contribution >= 4 is 0 Å². The molecule has 96 valence electrons. The minimum Gasteiger partial charge on any atom is -0.283 e. The van der Waals surface area contributed by atoms with Crippen molar-refractivity contribution in [3.63, 3.8) is 0 Å². The lowest BCUT2D eigenvalue weighted by Crippen LogP contribution is -2.27. The van der Waals surface area contributed by atoms with Crippen molar-refractivity contribution in [2.45, 2.75) is 31.6 Å². The molecule has 0 N–H and O–H groups in total. The van der Waals surface area contributed by atoms with E-state index in [0.29, 0.717) is 0 Å². The van der Waals surface area contributed by atoms with Crippen molar-refractivity contribution in [1.82, 2.24) is 4.90 Å². The van der Waals surface area contributed by atoms with Crippen LogP contribution in [0.15, 0.2) is 24.3 Å². The van der Waals surface area contributed by atoms with E-state index >= 15 is 0 Å². The van der Waals surface area contributed by atoms with Gasteiger partial charge in [-0.1, -0.05) is 18.2 Å². The van der Waals surface area contributed by atoms with Gasteiger partial charge in [-0.25, -0.2) is 0 Å². The highest BCUT2D eigenvalue weighted by molar-refractivity contribution is 5.29. The molecule has 1 aromatic rings. The molecule has 2 rings (SSSR count). The summed E-state index contributed by atoms with van der Waals surface area (Å²) in [6, 6.07) is 7.84. The topological polar surface area (TPSA) is 27.0 Å². The van der Waals surface area contributed by atoms with E-state index in [2.05, 4.69) is 0 Å². The van der Waals surface area contributed by atoms with Gasteiger partial charge in [0, 0.05) is 12.6 Å². The molecular weight excluding hydrogens is 241 g/mol. The molecule has 0 atom stereocenters. The van der Waals surface area contributed by atoms with Gasteiger partial charge in [-0.2, -0.15) is 18.4 Å². The van der Waals surface area contributed by atoms with Crippen LogP contribution in [0, 0.1) is 11.3 Å². The minimum absolute atomic E-state index is 0.177. The molecule has 5 heteroatoms. The van der Waals surface area contributed by atoms with Gasteiger partial charge < -0.3 is 0 Å². The van der Waals surface area contributed by atoms with Crippen LogP contribution in [0.25, 0.3) is 0 Å². The zero-order chi connectivity index (χ0) is 13.2. The summed E-state index contributed by atoms with van der Waals surface area (Å²) in [4.78, 5) is 1.81. The number of nitriles is 1. The summed E-state index contributed by atoms with van der Waals surface area (Å²) in [5, 5.41) is 8.71. The Hall–Kier alpha value is -1.54. The first-order chi connectivity index (χ1) is 8.52. The number of hydrogen-bond acceptors (Lipinski definition) is 2. The molecule has 1 aliphatic carbocycles. The van der Waals surface area contributed by atoms with Gasteiger partial charge in [0.2, 0.25) is 0 Å². The van der Waals surface area contributed by atoms with Crippen LogP contribution in [0.3, 0.4) is 0 Å². The molecule has 1 aromatic carbocycles. The van der Waals surface area contributed by atoms with Crippen LogP contribution >= 0.6 is 0 Å². The van der Waals surface area contributed by atoms with Crippen LogP contribution in [0.2, 0.25) is 0 Å². The van der Waals surface area contributed by atoms with E-state index in [1.165, 1.54) is 12.1 Å². The summed E-state index contributed by atoms with van der Waals surface area (Å²) in [6.07, 6.45) is -2.40. The fourth-order valence-corrected chi connectivity index (χ4v) is 2.00. The van der Waals surface area contributed by atoms with Gasteiger partial charge in [-0.3, -0.25) is 4.90 Å². The molecule has 2 nitrogen and oxygen atoms in total. The maximum atomic E-state index is 12.8. The Labute approximate surface area is 104 Å². The van der Waals surface area contributed by atoms with Crippen LogP contribution in [0.5, 0.6) is 0 Å². The van der Waals surface area contributed by atoms with Gasteiger partial charge in [-0.15, -0.1) is 0 Å². The van der Waals surface area contributed by atoms with E-state index in [9.17, 15) is 13.2 Å². The Bertz CT molecular complexity index is 458. The summed E-state index contributed by atoms with van der Waals surface area (Å²) >= 11 is 0. The highest BCUT2D eigenvalue weighted by atomic mass is 19.4. The first-order valence-corrected chi connectivity index (χ1v) is 5.78. The predicted molar refractivity (Wildman–Crippen MR) is 60.5 cm³/mol. The van der Waals surface area contributed by atoms with E-state index in [0.717, 1.165) is 18.9 Å². The largest absolute Gasteiger partial charge is 0.416 e. The average Bonchev–Trinajstić information content (AvgIpc) is 3.11. The van der Waals surface area contributed by atoms with Gasteiger partial charge in [0.25, 0.3) is 0 Å². The molecular formula is C13H13F3N2. The monoisotopic (exact) mass is 254 g/mol. The summed E-state index contributed by atoms with van der Waals surface area (Å²) in [5.41, 5.74) is -0.360. The van der Waals surface area contributed by atoms with E-state index in [-0.39, 0.29) is 24.7 Å². The summed E-state index contributed by atoms with van der Waals surface area (Å²) in [6.45, 7) is 0.366. The van der Waals surface area contributed by atoms with Crippen LogP contribution in [-0.2, 0) is 12.7 Å². The second-order valence-electron chi connectivity index (χ2n) is 4.45. The van der Waals surface area contributed by atoms with Gasteiger partial charge in [0.1, 0.15) is 0 Å². The normalized spacial score (nSPS) is 15.7. The Morgan fingerprint density at radius 1 is 1.28 bits per heavy atom. The lowest BCUT2D eigenvalue weighted by Gasteiger charge is -2.21. The first-order valence-electron chi connectivity index (χ1n) is 5.78. The fraction of sp³-hybridized carbons (Fsp3) is 0.462. The molecule has 1 aliphatic rings. The van der Waals surface area contributed by atoms with E-state index in [4.69, 9.17) is 5.26 Å². The van der Waals surface area contributed by atoms with E-state index in [1.54, 1.807) is 6.07 Å². The lowest BCUT2D eigenvalue weighted by molar-refractivity contribution is -0.138. The van der Waals surface area contributed by atoms with E-state index < -0.39 is 11.7 Å². The Kier molecular flexibility index (Phi) is 3.58. The highest BCUT2D eigenvalue weighted by Gasteiger charge is 2.35. The zero-order valence-corrected chi connectivity index (χ0v) is 9.74. The van der Waals surface area contributed by atoms with Crippen LogP contribution in [0.4, 0.5) is 13.2 Å². The van der Waals surface area contributed by atoms with Crippen molar-refractivity contribution < 1.29 is 13.2 Å². The summed E-state index contributed by atoms with van der Waals surface area (Å²) in [5.74, 6) is 0. The number of halogens is 3. The Morgan fingerprint density at radius 2 is 1.94 bits per heavy atom. The number of hydrogen-bond donors (Lipinski definition) is 0. The van der Waals surface area contributed by atoms with Crippen LogP contribution in [-0.4, -0.2) is 17.5 Å². The predicted octanol–water partition coefficient (Wildman–Crippen LogP) is 3.19. The van der Waals surface area contributed by atoms with Crippen molar-refractivity contribution in [2.24, 2.45) is 0 Å². The van der Waals surface area contributed by atoms with Crippen molar-refractivity contribution in [3.8, 4) is 6.07 Å². The number of benzene rings is 1. The fourth-order valence-electron chi connectivity index (χ4n) is 2.00. The molecule has 1 saturated carbocycles. The molecule has 0 heterocycles. The molecule has 0 aromatic heterocycles. The van der Waals surface area contributed by atoms with Gasteiger partial charge in [-0.05, 0) is 24.5 Å². The molecule has 18 heavy (non-hydrogen) atoms. The van der Waals surface area contributed by atoms with Crippen LogP contribution < -0.4 is 0 Å². The molecule has 0 amide bonds. The minimum atomic E-state index is -4.33. The Morgan fingerprint density at radius 3 is 2.50 bits per heavy atom. The SMILES string of the molecule is N#CCN(Cc1ccccc1C(F)(F)F)C1CC1. The van der Waals surface area contributed by atoms with Crippen LogP contribution in [0.1, 0.15) is 24.0 Å². The number of alkyl halides is 3. The van der Waals surface area contributed by atoms with Crippen molar-refractivity contribution in [2.75, 3.05) is 6.54 Å². The molecule has 0 bridgehead atoms.